The number of benzene rings is 1. The van der Waals surface area contributed by atoms with Gasteiger partial charge in [-0.1, -0.05) is 12.1 Å². The van der Waals surface area contributed by atoms with Crippen molar-refractivity contribution in [3.05, 3.63) is 59.7 Å². The Balaban J connectivity index is 1.63. The number of pyridine rings is 1. The van der Waals surface area contributed by atoms with Gasteiger partial charge in [-0.2, -0.15) is 22.0 Å². The van der Waals surface area contributed by atoms with Crippen LogP contribution in [0.15, 0.2) is 42.6 Å². The first-order chi connectivity index (χ1) is 15.9. The van der Waals surface area contributed by atoms with Crippen molar-refractivity contribution in [3.63, 3.8) is 0 Å². The van der Waals surface area contributed by atoms with E-state index in [4.69, 9.17) is 0 Å². The first kappa shape index (κ1) is 25.6. The van der Waals surface area contributed by atoms with E-state index in [-0.39, 0.29) is 19.1 Å². The van der Waals surface area contributed by atoms with E-state index >= 15 is 0 Å². The maximum absolute atomic E-state index is 13.2. The maximum Gasteiger partial charge on any atom is 0.499 e. The lowest BCUT2D eigenvalue weighted by atomic mass is 10.0. The van der Waals surface area contributed by atoms with Crippen molar-refractivity contribution in [1.29, 1.82) is 0 Å². The number of amides is 2. The van der Waals surface area contributed by atoms with Crippen LogP contribution < -0.4 is 10.1 Å². The first-order valence-corrected chi connectivity index (χ1v) is 10.5. The molecule has 3 rings (SSSR count). The number of hydrogen-bond donors (Lipinski definition) is 1. The van der Waals surface area contributed by atoms with Gasteiger partial charge in [0.2, 0.25) is 0 Å². The van der Waals surface area contributed by atoms with Crippen molar-refractivity contribution in [1.82, 2.24) is 20.1 Å². The molecular formula is C22H24F6N4O2. The van der Waals surface area contributed by atoms with E-state index in [1.165, 1.54) is 24.3 Å². The second kappa shape index (κ2) is 10.5. The largest absolute Gasteiger partial charge is 0.499 e. The summed E-state index contributed by atoms with van der Waals surface area (Å²) in [6.45, 7) is 1.78. The van der Waals surface area contributed by atoms with E-state index < -0.39 is 29.9 Å². The lowest BCUT2D eigenvalue weighted by Crippen LogP contribution is -2.49. The van der Waals surface area contributed by atoms with E-state index in [9.17, 15) is 31.1 Å². The van der Waals surface area contributed by atoms with Gasteiger partial charge in [0, 0.05) is 12.6 Å². The number of nitrogens with one attached hydrogen (secondary N) is 1. The predicted molar refractivity (Wildman–Crippen MR) is 111 cm³/mol. The summed E-state index contributed by atoms with van der Waals surface area (Å²) in [5.41, 5.74) is 0.988. The Hall–Kier alpha value is -3.02. The fourth-order valence-corrected chi connectivity index (χ4v) is 3.51. The third-order valence-corrected chi connectivity index (χ3v) is 5.45. The number of hydrogen-bond acceptors (Lipinski definition) is 4. The molecule has 1 saturated heterocycles. The molecule has 0 aliphatic carbocycles. The minimum absolute atomic E-state index is 0.00868. The molecule has 34 heavy (non-hydrogen) atoms. The third-order valence-electron chi connectivity index (χ3n) is 5.45. The Morgan fingerprint density at radius 3 is 2.32 bits per heavy atom. The number of alkyl halides is 5. The number of rotatable bonds is 7. The predicted octanol–water partition coefficient (Wildman–Crippen LogP) is 4.56. The summed E-state index contributed by atoms with van der Waals surface area (Å²) in [6, 6.07) is 6.80. The summed E-state index contributed by atoms with van der Waals surface area (Å²) in [6.07, 6.45) is -8.59. The molecule has 1 fully saturated rings. The maximum atomic E-state index is 13.2. The van der Waals surface area contributed by atoms with Crippen LogP contribution in [0.25, 0.3) is 0 Å². The molecule has 1 aliphatic rings. The number of ether oxygens (including phenoxy) is 1. The number of aromatic nitrogens is 1. The molecule has 0 saturated carbocycles. The Kier molecular flexibility index (Phi) is 7.90. The molecule has 2 amide bonds. The summed E-state index contributed by atoms with van der Waals surface area (Å²) in [5, 5.41) is 2.73. The molecule has 0 radical (unpaired) electrons. The molecule has 1 aromatic carbocycles. The van der Waals surface area contributed by atoms with Crippen molar-refractivity contribution >= 4 is 6.03 Å². The zero-order valence-corrected chi connectivity index (χ0v) is 18.3. The SMILES string of the molecule is CN1CCC(N(Cc2ccc(F)cn2)C(=O)NCc2ccc(OC(F)(F)C(F)(F)F)cc2)CC1. The van der Waals surface area contributed by atoms with Crippen LogP contribution >= 0.6 is 0 Å². The molecule has 0 unspecified atom stereocenters. The van der Waals surface area contributed by atoms with Crippen LogP contribution in [0.3, 0.4) is 0 Å². The molecule has 186 valence electrons. The van der Waals surface area contributed by atoms with Crippen LogP contribution in [0.5, 0.6) is 5.75 Å². The fraction of sp³-hybridized carbons (Fsp3) is 0.455. The van der Waals surface area contributed by atoms with Crippen LogP contribution in [0.4, 0.5) is 31.1 Å². The molecule has 0 atom stereocenters. The average molecular weight is 490 g/mol. The average Bonchev–Trinajstić information content (AvgIpc) is 2.78. The second-order valence-corrected chi connectivity index (χ2v) is 8.05. The standard InChI is InChI=1S/C22H24F6N4O2/c1-31-10-8-18(9-11-31)32(14-17-5-4-16(23)13-29-17)20(33)30-12-15-2-6-19(7-3-15)34-22(27,28)21(24,25)26/h2-7,13,18H,8-12,14H2,1H3,(H,30,33). The minimum Gasteiger partial charge on any atom is -0.426 e. The van der Waals surface area contributed by atoms with E-state index in [1.54, 1.807) is 4.90 Å². The molecule has 2 heterocycles. The molecule has 6 nitrogen and oxygen atoms in total. The molecule has 1 aromatic heterocycles. The first-order valence-electron chi connectivity index (χ1n) is 10.5. The van der Waals surface area contributed by atoms with Gasteiger partial charge in [-0.3, -0.25) is 4.98 Å². The van der Waals surface area contributed by atoms with Gasteiger partial charge in [0.1, 0.15) is 11.6 Å². The number of likely N-dealkylation sites (tertiary alicyclic amines) is 1. The van der Waals surface area contributed by atoms with E-state index in [1.807, 2.05) is 7.05 Å². The number of carbonyl (C=O) groups is 1. The summed E-state index contributed by atoms with van der Waals surface area (Å²) in [7, 11) is 1.99. The van der Waals surface area contributed by atoms with Gasteiger partial charge in [0.15, 0.2) is 0 Å². The van der Waals surface area contributed by atoms with Crippen LogP contribution in [-0.2, 0) is 13.1 Å². The molecule has 12 heteroatoms. The Morgan fingerprint density at radius 2 is 1.76 bits per heavy atom. The molecule has 1 aliphatic heterocycles. The Bertz CT molecular complexity index is 945. The highest BCUT2D eigenvalue weighted by Crippen LogP contribution is 2.37. The number of piperidine rings is 1. The number of halogens is 6. The van der Waals surface area contributed by atoms with Crippen molar-refractivity contribution in [2.24, 2.45) is 0 Å². The fourth-order valence-electron chi connectivity index (χ4n) is 3.51. The zero-order chi connectivity index (χ0) is 24.9. The van der Waals surface area contributed by atoms with Crippen molar-refractivity contribution < 1.29 is 35.9 Å². The Labute approximate surface area is 192 Å². The lowest BCUT2D eigenvalue weighted by molar-refractivity contribution is -0.360. The van der Waals surface area contributed by atoms with Gasteiger partial charge in [0.05, 0.1) is 18.4 Å². The highest BCUT2D eigenvalue weighted by Gasteiger charge is 2.61. The summed E-state index contributed by atoms with van der Waals surface area (Å²) in [4.78, 5) is 20.8. The van der Waals surface area contributed by atoms with Gasteiger partial charge in [-0.05, 0) is 62.8 Å². The van der Waals surface area contributed by atoms with Crippen molar-refractivity contribution in [2.45, 2.75) is 44.3 Å². The van der Waals surface area contributed by atoms with E-state index in [0.717, 1.165) is 44.3 Å². The summed E-state index contributed by atoms with van der Waals surface area (Å²) >= 11 is 0. The summed E-state index contributed by atoms with van der Waals surface area (Å²) in [5.74, 6) is -1.15. The number of carbonyl (C=O) groups excluding carboxylic acids is 1. The number of nitrogens with zero attached hydrogens (tertiary/aromatic N) is 3. The van der Waals surface area contributed by atoms with Crippen LogP contribution in [-0.4, -0.2) is 59.3 Å². The molecule has 0 bridgehead atoms. The minimum atomic E-state index is -5.84. The smallest absolute Gasteiger partial charge is 0.426 e. The topological polar surface area (TPSA) is 57.7 Å². The van der Waals surface area contributed by atoms with Crippen LogP contribution in [0.1, 0.15) is 24.1 Å². The van der Waals surface area contributed by atoms with Gasteiger partial charge < -0.3 is 19.9 Å². The van der Waals surface area contributed by atoms with E-state index in [2.05, 4.69) is 19.9 Å². The van der Waals surface area contributed by atoms with Crippen LogP contribution in [0, 0.1) is 5.82 Å². The molecule has 0 spiro atoms. The number of urea groups is 1. The van der Waals surface area contributed by atoms with Gasteiger partial charge in [0.25, 0.3) is 0 Å². The molecular weight excluding hydrogens is 466 g/mol. The van der Waals surface area contributed by atoms with Crippen LogP contribution in [0.2, 0.25) is 0 Å². The van der Waals surface area contributed by atoms with E-state index in [0.29, 0.717) is 11.3 Å². The van der Waals surface area contributed by atoms with Gasteiger partial charge in [-0.15, -0.1) is 0 Å². The highest BCUT2D eigenvalue weighted by atomic mass is 19.4. The monoisotopic (exact) mass is 490 g/mol. The molecule has 1 N–H and O–H groups in total. The van der Waals surface area contributed by atoms with Gasteiger partial charge >= 0.3 is 18.3 Å². The van der Waals surface area contributed by atoms with Crippen molar-refractivity contribution in [3.8, 4) is 5.75 Å². The highest BCUT2D eigenvalue weighted by molar-refractivity contribution is 5.74. The normalized spacial score (nSPS) is 15.7. The quantitative estimate of drug-likeness (QED) is 0.579. The second-order valence-electron chi connectivity index (χ2n) is 8.05. The lowest BCUT2D eigenvalue weighted by Gasteiger charge is -2.37. The molecule has 2 aromatic rings. The third kappa shape index (κ3) is 6.75. The Morgan fingerprint density at radius 1 is 1.12 bits per heavy atom. The zero-order valence-electron chi connectivity index (χ0n) is 18.3. The van der Waals surface area contributed by atoms with Crippen molar-refractivity contribution in [2.75, 3.05) is 20.1 Å². The summed E-state index contributed by atoms with van der Waals surface area (Å²) < 4.78 is 79.8. The van der Waals surface area contributed by atoms with Gasteiger partial charge in [-0.25, -0.2) is 9.18 Å².